The normalized spacial score (nSPS) is 12.0. The van der Waals surface area contributed by atoms with E-state index in [2.05, 4.69) is 30.2 Å². The summed E-state index contributed by atoms with van der Waals surface area (Å²) in [5, 5.41) is 2.62. The van der Waals surface area contributed by atoms with Crippen molar-refractivity contribution < 1.29 is 22.7 Å². The smallest absolute Gasteiger partial charge is 0.239 e. The van der Waals surface area contributed by atoms with Crippen LogP contribution < -0.4 is 10.1 Å². The van der Waals surface area contributed by atoms with Crippen LogP contribution in [0.1, 0.15) is 17.9 Å². The summed E-state index contributed by atoms with van der Waals surface area (Å²) < 4.78 is 45.1. The number of methoxy groups -OCH3 is 1. The number of nitrogens with zero attached hydrogens (tertiary/aromatic N) is 4. The number of hydrogen-bond donors (Lipinski definition) is 2. The van der Waals surface area contributed by atoms with Crippen molar-refractivity contribution in [1.29, 1.82) is 0 Å². The highest BCUT2D eigenvalue weighted by molar-refractivity contribution is 6.00. The molecule has 0 unspecified atom stereocenters. The molecular weight excluding hydrogens is 497 g/mol. The molecule has 0 saturated heterocycles. The molecule has 0 fully saturated rings. The lowest BCUT2D eigenvalue weighted by molar-refractivity contribution is -0.118. The van der Waals surface area contributed by atoms with E-state index in [1.807, 2.05) is 12.1 Å². The van der Waals surface area contributed by atoms with Crippen LogP contribution in [0, 0.1) is 5.82 Å². The minimum Gasteiger partial charge on any atom is -0.480 e. The van der Waals surface area contributed by atoms with Gasteiger partial charge in [-0.3, -0.25) is 9.78 Å². The highest BCUT2D eigenvalue weighted by Gasteiger charge is 2.26. The van der Waals surface area contributed by atoms with Crippen molar-refractivity contribution in [3.63, 3.8) is 0 Å². The highest BCUT2D eigenvalue weighted by atomic mass is 19.3. The first-order chi connectivity index (χ1) is 18.4. The van der Waals surface area contributed by atoms with Gasteiger partial charge in [-0.05, 0) is 42.0 Å². The first kappa shape index (κ1) is 24.9. The Kier molecular flexibility index (Phi) is 6.98. The van der Waals surface area contributed by atoms with Crippen molar-refractivity contribution in [2.75, 3.05) is 12.4 Å². The number of rotatable bonds is 8. The zero-order valence-electron chi connectivity index (χ0n) is 20.0. The Bertz CT molecular complexity index is 1580. The summed E-state index contributed by atoms with van der Waals surface area (Å²) in [6.07, 6.45) is 1.19. The summed E-state index contributed by atoms with van der Waals surface area (Å²) >= 11 is 0. The van der Waals surface area contributed by atoms with E-state index in [1.54, 1.807) is 24.4 Å². The maximum Gasteiger partial charge on any atom is 0.239 e. The first-order valence-corrected chi connectivity index (χ1v) is 11.6. The van der Waals surface area contributed by atoms with E-state index < -0.39 is 30.5 Å². The van der Waals surface area contributed by atoms with Crippen LogP contribution in [0.3, 0.4) is 0 Å². The maximum absolute atomic E-state index is 13.4. The Labute approximate surface area is 215 Å². The number of alkyl halides is 2. The van der Waals surface area contributed by atoms with E-state index in [-0.39, 0.29) is 11.4 Å². The first-order valence-electron chi connectivity index (χ1n) is 11.6. The molecule has 1 atom stereocenters. The van der Waals surface area contributed by atoms with Gasteiger partial charge in [0.2, 0.25) is 18.2 Å². The van der Waals surface area contributed by atoms with Crippen LogP contribution in [0.4, 0.5) is 19.0 Å². The predicted octanol–water partition coefficient (Wildman–Crippen LogP) is 5.61. The average Bonchev–Trinajstić information content (AvgIpc) is 3.31. The van der Waals surface area contributed by atoms with Crippen molar-refractivity contribution in [2.24, 2.45) is 0 Å². The molecule has 38 heavy (non-hydrogen) atoms. The van der Waals surface area contributed by atoms with Crippen molar-refractivity contribution in [3.05, 3.63) is 84.6 Å². The maximum atomic E-state index is 13.4. The van der Waals surface area contributed by atoms with Crippen LogP contribution in [0.5, 0.6) is 5.88 Å². The van der Waals surface area contributed by atoms with Gasteiger partial charge in [-0.25, -0.2) is 23.1 Å². The topological polar surface area (TPSA) is 106 Å². The fourth-order valence-electron chi connectivity index (χ4n) is 4.15. The van der Waals surface area contributed by atoms with Crippen LogP contribution in [-0.2, 0) is 4.79 Å². The van der Waals surface area contributed by atoms with Crippen molar-refractivity contribution >= 4 is 22.9 Å². The molecule has 11 heteroatoms. The lowest BCUT2D eigenvalue weighted by Gasteiger charge is -2.17. The van der Waals surface area contributed by atoms with Crippen molar-refractivity contribution in [1.82, 2.24) is 24.9 Å². The molecule has 5 aromatic rings. The molecule has 8 nitrogen and oxygen atoms in total. The largest absolute Gasteiger partial charge is 0.480 e. The van der Waals surface area contributed by atoms with Gasteiger partial charge >= 0.3 is 0 Å². The standard InChI is InChI=1S/C27H21F3N6O2/c1-38-22-14-33-25-23(19-4-2-3-10-31-19)24(36-26(25)35-22)16-9-11-32-21(12-16)34-27(37)18(13-20(29)30)15-5-7-17(28)8-6-15/h2-12,14,18,20H,13H2,1H3,(H,35,36)(H,32,34,37)/t18-/m1/s1. The van der Waals surface area contributed by atoms with Gasteiger partial charge in [0, 0.05) is 24.4 Å². The molecular formula is C27H21F3N6O2. The van der Waals surface area contributed by atoms with Gasteiger partial charge in [0.15, 0.2) is 5.65 Å². The summed E-state index contributed by atoms with van der Waals surface area (Å²) in [7, 11) is 1.49. The second-order valence-electron chi connectivity index (χ2n) is 8.35. The molecule has 0 radical (unpaired) electrons. The van der Waals surface area contributed by atoms with E-state index >= 15 is 0 Å². The Morgan fingerprint density at radius 3 is 2.58 bits per heavy atom. The quantitative estimate of drug-likeness (QED) is 0.277. The number of benzene rings is 1. The van der Waals surface area contributed by atoms with Crippen molar-refractivity contribution in [3.8, 4) is 28.4 Å². The molecule has 1 amide bonds. The third-order valence-electron chi connectivity index (χ3n) is 5.91. The summed E-state index contributed by atoms with van der Waals surface area (Å²) in [5.41, 5.74) is 3.88. The van der Waals surface area contributed by atoms with Gasteiger partial charge in [0.05, 0.1) is 36.2 Å². The number of H-pyrrole nitrogens is 1. The minimum absolute atomic E-state index is 0.151. The SMILES string of the molecule is COc1cnc2c(-c3ccccn3)c(-c3ccnc(NC(=O)[C@H](CC(F)F)c4ccc(F)cc4)c3)[nH]c2n1. The molecule has 0 aliphatic rings. The molecule has 2 N–H and O–H groups in total. The number of aromatic nitrogens is 5. The lowest BCUT2D eigenvalue weighted by atomic mass is 9.95. The van der Waals surface area contributed by atoms with E-state index in [0.717, 1.165) is 12.1 Å². The molecule has 0 bridgehead atoms. The molecule has 1 aromatic carbocycles. The van der Waals surface area contributed by atoms with E-state index in [0.29, 0.717) is 39.6 Å². The summed E-state index contributed by atoms with van der Waals surface area (Å²) in [6.45, 7) is 0. The molecule has 4 heterocycles. The zero-order chi connectivity index (χ0) is 26.6. The number of hydrogen-bond acceptors (Lipinski definition) is 6. The van der Waals surface area contributed by atoms with Crippen LogP contribution in [0.25, 0.3) is 33.7 Å². The predicted molar refractivity (Wildman–Crippen MR) is 135 cm³/mol. The third kappa shape index (κ3) is 5.17. The van der Waals surface area contributed by atoms with Crippen LogP contribution in [0.15, 0.2) is 73.2 Å². The van der Waals surface area contributed by atoms with Crippen LogP contribution in [0.2, 0.25) is 0 Å². The van der Waals surface area contributed by atoms with Crippen molar-refractivity contribution in [2.45, 2.75) is 18.8 Å². The highest BCUT2D eigenvalue weighted by Crippen LogP contribution is 2.37. The second-order valence-corrected chi connectivity index (χ2v) is 8.35. The fourth-order valence-corrected chi connectivity index (χ4v) is 4.15. The van der Waals surface area contributed by atoms with Gasteiger partial charge in [0.25, 0.3) is 0 Å². The Hall–Kier alpha value is -4.80. The van der Waals surface area contributed by atoms with E-state index in [9.17, 15) is 18.0 Å². The van der Waals surface area contributed by atoms with Crippen LogP contribution >= 0.6 is 0 Å². The summed E-state index contributed by atoms with van der Waals surface area (Å²) in [6, 6.07) is 13.7. The molecule has 4 aromatic heterocycles. The van der Waals surface area contributed by atoms with E-state index in [1.165, 1.54) is 31.6 Å². The number of carbonyl (C=O) groups is 1. The second kappa shape index (κ2) is 10.7. The monoisotopic (exact) mass is 518 g/mol. The number of carbonyl (C=O) groups excluding carboxylic acids is 1. The molecule has 0 aliphatic carbocycles. The molecule has 5 rings (SSSR count). The van der Waals surface area contributed by atoms with Gasteiger partial charge < -0.3 is 15.0 Å². The molecule has 192 valence electrons. The lowest BCUT2D eigenvalue weighted by Crippen LogP contribution is -2.23. The summed E-state index contributed by atoms with van der Waals surface area (Å²) in [4.78, 5) is 33.9. The number of halogens is 3. The number of ether oxygens (including phenoxy) is 1. The number of amides is 1. The van der Waals surface area contributed by atoms with Gasteiger partial charge in [-0.1, -0.05) is 18.2 Å². The molecule has 0 saturated carbocycles. The Morgan fingerprint density at radius 1 is 1.05 bits per heavy atom. The number of pyridine rings is 2. The summed E-state index contributed by atoms with van der Waals surface area (Å²) in [5.74, 6) is -1.93. The Morgan fingerprint density at radius 2 is 1.87 bits per heavy atom. The molecule has 0 spiro atoms. The van der Waals surface area contributed by atoms with Gasteiger partial charge in [0.1, 0.15) is 17.2 Å². The zero-order valence-corrected chi connectivity index (χ0v) is 20.0. The van der Waals surface area contributed by atoms with Gasteiger partial charge in [-0.2, -0.15) is 4.98 Å². The number of fused-ring (bicyclic) bond motifs is 1. The fraction of sp³-hybridized carbons (Fsp3) is 0.148. The number of aromatic amines is 1. The average molecular weight is 518 g/mol. The number of nitrogens with one attached hydrogen (secondary N) is 2. The van der Waals surface area contributed by atoms with Crippen LogP contribution in [-0.4, -0.2) is 44.4 Å². The Balaban J connectivity index is 1.52. The van der Waals surface area contributed by atoms with E-state index in [4.69, 9.17) is 4.74 Å². The molecule has 0 aliphatic heterocycles. The van der Waals surface area contributed by atoms with Gasteiger partial charge in [-0.15, -0.1) is 0 Å². The minimum atomic E-state index is -2.74. The number of anilines is 1. The third-order valence-corrected chi connectivity index (χ3v) is 5.91.